The summed E-state index contributed by atoms with van der Waals surface area (Å²) >= 11 is 0. The van der Waals surface area contributed by atoms with E-state index in [1.807, 2.05) is 13.8 Å². The maximum atomic E-state index is 11.6. The molecule has 6 nitrogen and oxygen atoms in total. The van der Waals surface area contributed by atoms with Crippen molar-refractivity contribution in [2.75, 3.05) is 50.7 Å². The second-order valence-electron chi connectivity index (χ2n) is 7.37. The van der Waals surface area contributed by atoms with Crippen LogP contribution in [0.25, 0.3) is 0 Å². The highest BCUT2D eigenvalue weighted by atomic mass is 127. The van der Waals surface area contributed by atoms with Crippen LogP contribution in [0.1, 0.15) is 31.9 Å². The standard InChI is InChI=1S/C21H35N5O.HI/c1-6-22-21(24-11-10-23-20(27)16(2)3)26-14-12-25(13-15-26)19-9-7-8-17(4)18(19)5;/h7-9,16H,6,10-15H2,1-5H3,(H,22,24)(H,23,27);1H. The fraction of sp³-hybridized carbons (Fsp3) is 0.619. The van der Waals surface area contributed by atoms with Gasteiger partial charge < -0.3 is 20.4 Å². The third-order valence-corrected chi connectivity index (χ3v) is 5.03. The third kappa shape index (κ3) is 6.83. The zero-order chi connectivity index (χ0) is 19.8. The minimum atomic E-state index is 0. The minimum Gasteiger partial charge on any atom is -0.368 e. The number of benzene rings is 1. The van der Waals surface area contributed by atoms with Crippen molar-refractivity contribution in [3.05, 3.63) is 29.3 Å². The van der Waals surface area contributed by atoms with E-state index in [-0.39, 0.29) is 35.8 Å². The Kier molecular flexibility index (Phi) is 10.6. The van der Waals surface area contributed by atoms with E-state index in [9.17, 15) is 4.79 Å². The molecule has 7 heteroatoms. The Balaban J connectivity index is 0.00000392. The maximum absolute atomic E-state index is 11.6. The van der Waals surface area contributed by atoms with Gasteiger partial charge >= 0.3 is 0 Å². The molecule has 0 bridgehead atoms. The lowest BCUT2D eigenvalue weighted by atomic mass is 10.1. The Morgan fingerprint density at radius 2 is 1.82 bits per heavy atom. The molecule has 0 aromatic heterocycles. The summed E-state index contributed by atoms with van der Waals surface area (Å²) in [4.78, 5) is 21.1. The van der Waals surface area contributed by atoms with Crippen molar-refractivity contribution in [3.8, 4) is 0 Å². The van der Waals surface area contributed by atoms with Crippen molar-refractivity contribution in [2.24, 2.45) is 10.9 Å². The first-order valence-corrected chi connectivity index (χ1v) is 10.1. The lowest BCUT2D eigenvalue weighted by Crippen LogP contribution is -2.52. The largest absolute Gasteiger partial charge is 0.368 e. The topological polar surface area (TPSA) is 60.0 Å². The number of nitrogens with zero attached hydrogens (tertiary/aromatic N) is 3. The first-order chi connectivity index (χ1) is 12.9. The highest BCUT2D eigenvalue weighted by Crippen LogP contribution is 2.23. The third-order valence-electron chi connectivity index (χ3n) is 5.03. The molecular formula is C21H36IN5O. The van der Waals surface area contributed by atoms with E-state index >= 15 is 0 Å². The molecule has 0 aliphatic carbocycles. The monoisotopic (exact) mass is 501 g/mol. The van der Waals surface area contributed by atoms with Crippen LogP contribution in [0, 0.1) is 19.8 Å². The Labute approximate surface area is 187 Å². The molecule has 0 unspecified atom stereocenters. The summed E-state index contributed by atoms with van der Waals surface area (Å²) in [6, 6.07) is 6.53. The normalized spacial score (nSPS) is 14.7. The second-order valence-corrected chi connectivity index (χ2v) is 7.37. The van der Waals surface area contributed by atoms with E-state index < -0.39 is 0 Å². The zero-order valence-corrected chi connectivity index (χ0v) is 20.2. The number of rotatable bonds is 6. The van der Waals surface area contributed by atoms with Gasteiger partial charge in [0, 0.05) is 50.9 Å². The smallest absolute Gasteiger partial charge is 0.222 e. The number of anilines is 1. The van der Waals surface area contributed by atoms with Crippen molar-refractivity contribution in [2.45, 2.75) is 34.6 Å². The van der Waals surface area contributed by atoms with E-state index in [2.05, 4.69) is 59.4 Å². The van der Waals surface area contributed by atoms with Crippen LogP contribution in [0.2, 0.25) is 0 Å². The van der Waals surface area contributed by atoms with Gasteiger partial charge in [0.2, 0.25) is 5.91 Å². The number of amides is 1. The summed E-state index contributed by atoms with van der Waals surface area (Å²) in [6.45, 7) is 16.1. The van der Waals surface area contributed by atoms with Crippen LogP contribution in [-0.2, 0) is 4.79 Å². The van der Waals surface area contributed by atoms with Crippen molar-refractivity contribution in [1.82, 2.24) is 15.5 Å². The molecule has 158 valence electrons. The molecule has 0 atom stereocenters. The second kappa shape index (κ2) is 12.1. The molecule has 1 aromatic carbocycles. The van der Waals surface area contributed by atoms with E-state index in [0.29, 0.717) is 13.1 Å². The van der Waals surface area contributed by atoms with Crippen molar-refractivity contribution in [1.29, 1.82) is 0 Å². The summed E-state index contributed by atoms with van der Waals surface area (Å²) in [6.07, 6.45) is 0. The van der Waals surface area contributed by atoms with Crippen molar-refractivity contribution < 1.29 is 4.79 Å². The van der Waals surface area contributed by atoms with E-state index in [1.54, 1.807) is 0 Å². The van der Waals surface area contributed by atoms with E-state index in [0.717, 1.165) is 38.7 Å². The van der Waals surface area contributed by atoms with Gasteiger partial charge in [0.25, 0.3) is 0 Å². The fourth-order valence-corrected chi connectivity index (χ4v) is 3.21. The number of carbonyl (C=O) groups excluding carboxylic acids is 1. The highest BCUT2D eigenvalue weighted by Gasteiger charge is 2.21. The molecule has 1 heterocycles. The molecule has 1 fully saturated rings. The molecular weight excluding hydrogens is 465 g/mol. The summed E-state index contributed by atoms with van der Waals surface area (Å²) in [5.74, 6) is 1.04. The summed E-state index contributed by atoms with van der Waals surface area (Å²) < 4.78 is 0. The summed E-state index contributed by atoms with van der Waals surface area (Å²) in [5, 5.41) is 6.31. The fourth-order valence-electron chi connectivity index (χ4n) is 3.21. The number of halogens is 1. The van der Waals surface area contributed by atoms with Crippen LogP contribution in [0.4, 0.5) is 5.69 Å². The predicted molar refractivity (Wildman–Crippen MR) is 129 cm³/mol. The van der Waals surface area contributed by atoms with Crippen LogP contribution in [0.15, 0.2) is 23.2 Å². The molecule has 1 aliphatic heterocycles. The molecule has 2 rings (SSSR count). The van der Waals surface area contributed by atoms with Crippen LogP contribution in [0.3, 0.4) is 0 Å². The lowest BCUT2D eigenvalue weighted by molar-refractivity contribution is -0.123. The Morgan fingerprint density at radius 3 is 2.43 bits per heavy atom. The van der Waals surface area contributed by atoms with Gasteiger partial charge in [0.1, 0.15) is 0 Å². The maximum Gasteiger partial charge on any atom is 0.222 e. The number of hydrogen-bond acceptors (Lipinski definition) is 3. The van der Waals surface area contributed by atoms with Crippen LogP contribution in [0.5, 0.6) is 0 Å². The number of carbonyl (C=O) groups is 1. The SMILES string of the molecule is CCNC(=NCCNC(=O)C(C)C)N1CCN(c2cccc(C)c2C)CC1.I. The highest BCUT2D eigenvalue weighted by molar-refractivity contribution is 14.0. The first kappa shape index (κ1) is 24.5. The summed E-state index contributed by atoms with van der Waals surface area (Å²) in [5.41, 5.74) is 4.05. The van der Waals surface area contributed by atoms with Crippen molar-refractivity contribution >= 4 is 41.5 Å². The van der Waals surface area contributed by atoms with Crippen LogP contribution >= 0.6 is 24.0 Å². The van der Waals surface area contributed by atoms with Gasteiger partial charge in [-0.2, -0.15) is 0 Å². The lowest BCUT2D eigenvalue weighted by Gasteiger charge is -2.38. The quantitative estimate of drug-likeness (QED) is 0.273. The average molecular weight is 501 g/mol. The van der Waals surface area contributed by atoms with Gasteiger partial charge in [0.15, 0.2) is 5.96 Å². The van der Waals surface area contributed by atoms with Gasteiger partial charge in [-0.15, -0.1) is 24.0 Å². The molecule has 28 heavy (non-hydrogen) atoms. The predicted octanol–water partition coefficient (Wildman–Crippen LogP) is 2.78. The number of aliphatic imine (C=N–C) groups is 1. The molecule has 0 spiro atoms. The van der Waals surface area contributed by atoms with Gasteiger partial charge in [-0.1, -0.05) is 26.0 Å². The van der Waals surface area contributed by atoms with Gasteiger partial charge in [-0.05, 0) is 38.0 Å². The van der Waals surface area contributed by atoms with Crippen molar-refractivity contribution in [3.63, 3.8) is 0 Å². The Morgan fingerprint density at radius 1 is 1.14 bits per heavy atom. The molecule has 1 amide bonds. The summed E-state index contributed by atoms with van der Waals surface area (Å²) in [7, 11) is 0. The van der Waals surface area contributed by atoms with Gasteiger partial charge in [-0.25, -0.2) is 0 Å². The van der Waals surface area contributed by atoms with Gasteiger partial charge in [-0.3, -0.25) is 9.79 Å². The number of nitrogens with one attached hydrogen (secondary N) is 2. The number of aryl methyl sites for hydroxylation is 1. The number of guanidine groups is 1. The molecule has 0 saturated carbocycles. The molecule has 1 aliphatic rings. The molecule has 1 aromatic rings. The Bertz CT molecular complexity index is 654. The minimum absolute atomic E-state index is 0. The number of hydrogen-bond donors (Lipinski definition) is 2. The Hall–Kier alpha value is -1.51. The van der Waals surface area contributed by atoms with E-state index in [1.165, 1.54) is 16.8 Å². The number of piperazine rings is 1. The zero-order valence-electron chi connectivity index (χ0n) is 17.9. The first-order valence-electron chi connectivity index (χ1n) is 10.1. The van der Waals surface area contributed by atoms with Crippen LogP contribution < -0.4 is 15.5 Å². The molecule has 2 N–H and O–H groups in total. The van der Waals surface area contributed by atoms with Gasteiger partial charge in [0.05, 0.1) is 6.54 Å². The average Bonchev–Trinajstić information content (AvgIpc) is 2.66. The van der Waals surface area contributed by atoms with E-state index in [4.69, 9.17) is 4.99 Å². The van der Waals surface area contributed by atoms with Crippen LogP contribution in [-0.4, -0.2) is 62.6 Å². The molecule has 0 radical (unpaired) electrons. The molecule has 1 saturated heterocycles.